The van der Waals surface area contributed by atoms with Crippen molar-refractivity contribution >= 4 is 43.1 Å². The van der Waals surface area contributed by atoms with E-state index in [9.17, 15) is 0 Å². The predicted molar refractivity (Wildman–Crippen MR) is 198 cm³/mol. The molecular formula is C46H30. The van der Waals surface area contributed by atoms with E-state index in [-0.39, 0.29) is 0 Å². The molecule has 9 rings (SSSR count). The smallest absolute Gasteiger partial charge is 0.00201 e. The number of rotatable bonds is 4. The molecule has 0 aliphatic carbocycles. The number of benzene rings is 9. The Morgan fingerprint density at radius 3 is 1.61 bits per heavy atom. The molecule has 9 aromatic carbocycles. The lowest BCUT2D eigenvalue weighted by molar-refractivity contribution is 1.61. The maximum atomic E-state index is 2.42. The van der Waals surface area contributed by atoms with E-state index < -0.39 is 0 Å². The maximum Gasteiger partial charge on any atom is -0.00201 e. The molecular weight excluding hydrogens is 553 g/mol. The van der Waals surface area contributed by atoms with Crippen LogP contribution in [0.2, 0.25) is 0 Å². The van der Waals surface area contributed by atoms with Gasteiger partial charge in [0, 0.05) is 0 Å². The average Bonchev–Trinajstić information content (AvgIpc) is 3.13. The van der Waals surface area contributed by atoms with Crippen LogP contribution in [0.25, 0.3) is 87.6 Å². The van der Waals surface area contributed by atoms with Gasteiger partial charge in [-0.1, -0.05) is 164 Å². The summed E-state index contributed by atoms with van der Waals surface area (Å²) in [6.45, 7) is 0. The van der Waals surface area contributed by atoms with Crippen LogP contribution < -0.4 is 0 Å². The molecule has 0 heteroatoms. The Balaban J connectivity index is 1.39. The Morgan fingerprint density at radius 1 is 0.217 bits per heavy atom. The Morgan fingerprint density at radius 2 is 0.761 bits per heavy atom. The van der Waals surface area contributed by atoms with Gasteiger partial charge in [-0.05, 0) is 106 Å². The van der Waals surface area contributed by atoms with Gasteiger partial charge in [-0.15, -0.1) is 0 Å². The van der Waals surface area contributed by atoms with Gasteiger partial charge in [-0.3, -0.25) is 0 Å². The Kier molecular flexibility index (Phi) is 6.25. The lowest BCUT2D eigenvalue weighted by Crippen LogP contribution is -1.93. The fourth-order valence-corrected chi connectivity index (χ4v) is 7.26. The Labute approximate surface area is 268 Å². The lowest BCUT2D eigenvalue weighted by atomic mass is 9.83. The van der Waals surface area contributed by atoms with Crippen LogP contribution in [-0.4, -0.2) is 0 Å². The van der Waals surface area contributed by atoms with E-state index in [2.05, 4.69) is 182 Å². The molecule has 0 unspecified atom stereocenters. The first-order chi connectivity index (χ1) is 22.8. The second-order valence-corrected chi connectivity index (χ2v) is 12.1. The largest absolute Gasteiger partial charge is 0.0622 e. The third kappa shape index (κ3) is 4.38. The van der Waals surface area contributed by atoms with Gasteiger partial charge < -0.3 is 0 Å². The van der Waals surface area contributed by atoms with Crippen molar-refractivity contribution in [3.63, 3.8) is 0 Å². The zero-order chi connectivity index (χ0) is 30.5. The monoisotopic (exact) mass is 582 g/mol. The standard InChI is InChI=1S/C46H30/c1-2-12-31(13-3-1)35-18-10-19-38(29-35)45-41-21-8-9-22-42(41)46(40-23-11-17-33-15-6-7-20-39(33)40)43-27-26-37(30-44(43)45)36-25-24-32-14-4-5-16-34(32)28-36/h1-30H. The second kappa shape index (κ2) is 10.9. The molecule has 0 bridgehead atoms. The van der Waals surface area contributed by atoms with Gasteiger partial charge in [0.1, 0.15) is 0 Å². The highest BCUT2D eigenvalue weighted by Gasteiger charge is 2.19. The summed E-state index contributed by atoms with van der Waals surface area (Å²) in [7, 11) is 0. The summed E-state index contributed by atoms with van der Waals surface area (Å²) in [5.74, 6) is 0. The highest BCUT2D eigenvalue weighted by Crippen LogP contribution is 2.46. The molecule has 0 N–H and O–H groups in total. The van der Waals surface area contributed by atoms with Crippen LogP contribution in [-0.2, 0) is 0 Å². The molecule has 9 aromatic rings. The van der Waals surface area contributed by atoms with E-state index in [1.54, 1.807) is 0 Å². The Hall–Kier alpha value is -5.98. The predicted octanol–water partition coefficient (Wildman–Crippen LogP) is 13.0. The molecule has 214 valence electrons. The minimum Gasteiger partial charge on any atom is -0.0622 e. The summed E-state index contributed by atoms with van der Waals surface area (Å²) in [6, 6.07) is 66.6. The summed E-state index contributed by atoms with van der Waals surface area (Å²) in [5.41, 5.74) is 9.94. The van der Waals surface area contributed by atoms with Crippen LogP contribution >= 0.6 is 0 Å². The van der Waals surface area contributed by atoms with Crippen molar-refractivity contribution in [3.8, 4) is 44.5 Å². The molecule has 0 aromatic heterocycles. The van der Waals surface area contributed by atoms with E-state index in [0.717, 1.165) is 0 Å². The summed E-state index contributed by atoms with van der Waals surface area (Å²) < 4.78 is 0. The van der Waals surface area contributed by atoms with Gasteiger partial charge in [-0.25, -0.2) is 0 Å². The molecule has 0 nitrogen and oxygen atoms in total. The number of hydrogen-bond acceptors (Lipinski definition) is 0. The minimum absolute atomic E-state index is 1.22. The molecule has 0 spiro atoms. The van der Waals surface area contributed by atoms with Crippen LogP contribution in [0.4, 0.5) is 0 Å². The fourth-order valence-electron chi connectivity index (χ4n) is 7.26. The van der Waals surface area contributed by atoms with Crippen LogP contribution in [0, 0.1) is 0 Å². The molecule has 0 atom stereocenters. The maximum absolute atomic E-state index is 2.42. The molecule has 0 amide bonds. The lowest BCUT2D eigenvalue weighted by Gasteiger charge is -2.20. The van der Waals surface area contributed by atoms with Gasteiger partial charge >= 0.3 is 0 Å². The summed E-state index contributed by atoms with van der Waals surface area (Å²) >= 11 is 0. The number of fused-ring (bicyclic) bond motifs is 4. The average molecular weight is 583 g/mol. The molecule has 0 fully saturated rings. The first-order valence-electron chi connectivity index (χ1n) is 15.9. The van der Waals surface area contributed by atoms with Gasteiger partial charge in [0.2, 0.25) is 0 Å². The van der Waals surface area contributed by atoms with E-state index in [0.29, 0.717) is 0 Å². The molecule has 0 aliphatic heterocycles. The second-order valence-electron chi connectivity index (χ2n) is 12.1. The fraction of sp³-hybridized carbons (Fsp3) is 0. The van der Waals surface area contributed by atoms with Crippen LogP contribution in [0.3, 0.4) is 0 Å². The third-order valence-electron chi connectivity index (χ3n) is 9.42. The van der Waals surface area contributed by atoms with E-state index in [1.807, 2.05) is 0 Å². The topological polar surface area (TPSA) is 0 Å². The van der Waals surface area contributed by atoms with Crippen molar-refractivity contribution in [2.75, 3.05) is 0 Å². The van der Waals surface area contributed by atoms with Crippen LogP contribution in [0.5, 0.6) is 0 Å². The van der Waals surface area contributed by atoms with Crippen molar-refractivity contribution in [2.45, 2.75) is 0 Å². The van der Waals surface area contributed by atoms with Crippen LogP contribution in [0.15, 0.2) is 182 Å². The summed E-state index contributed by atoms with van der Waals surface area (Å²) in [6.07, 6.45) is 0. The molecule has 0 saturated carbocycles. The Bertz CT molecular complexity index is 2570. The molecule has 0 radical (unpaired) electrons. The van der Waals surface area contributed by atoms with Crippen molar-refractivity contribution in [1.82, 2.24) is 0 Å². The van der Waals surface area contributed by atoms with E-state index >= 15 is 0 Å². The summed E-state index contributed by atoms with van der Waals surface area (Å²) in [4.78, 5) is 0. The first kappa shape index (κ1) is 26.4. The SMILES string of the molecule is c1ccc(-c2cccc(-c3c4ccccc4c(-c4cccc5ccccc45)c4ccc(-c5ccc6ccccc6c5)cc34)c2)cc1. The quantitative estimate of drug-likeness (QED) is 0.181. The van der Waals surface area contributed by atoms with Crippen molar-refractivity contribution in [3.05, 3.63) is 182 Å². The summed E-state index contributed by atoms with van der Waals surface area (Å²) in [5, 5.41) is 10.1. The minimum atomic E-state index is 1.22. The van der Waals surface area contributed by atoms with Crippen molar-refractivity contribution in [1.29, 1.82) is 0 Å². The van der Waals surface area contributed by atoms with E-state index in [4.69, 9.17) is 0 Å². The van der Waals surface area contributed by atoms with Gasteiger partial charge in [0.15, 0.2) is 0 Å². The highest BCUT2D eigenvalue weighted by molar-refractivity contribution is 6.24. The molecule has 0 heterocycles. The normalized spacial score (nSPS) is 11.5. The molecule has 46 heavy (non-hydrogen) atoms. The zero-order valence-corrected chi connectivity index (χ0v) is 25.3. The van der Waals surface area contributed by atoms with Gasteiger partial charge in [0.25, 0.3) is 0 Å². The van der Waals surface area contributed by atoms with Crippen LogP contribution in [0.1, 0.15) is 0 Å². The van der Waals surface area contributed by atoms with E-state index in [1.165, 1.54) is 87.6 Å². The highest BCUT2D eigenvalue weighted by atomic mass is 14.2. The number of hydrogen-bond donors (Lipinski definition) is 0. The first-order valence-corrected chi connectivity index (χ1v) is 15.9. The third-order valence-corrected chi connectivity index (χ3v) is 9.42. The van der Waals surface area contributed by atoms with Crippen molar-refractivity contribution < 1.29 is 0 Å². The molecule has 0 aliphatic rings. The van der Waals surface area contributed by atoms with Crippen molar-refractivity contribution in [2.24, 2.45) is 0 Å². The van der Waals surface area contributed by atoms with Gasteiger partial charge in [0.05, 0.1) is 0 Å². The van der Waals surface area contributed by atoms with Gasteiger partial charge in [-0.2, -0.15) is 0 Å². The molecule has 0 saturated heterocycles. The zero-order valence-electron chi connectivity index (χ0n) is 25.3.